The summed E-state index contributed by atoms with van der Waals surface area (Å²) in [4.78, 5) is 37.2. The second-order valence-corrected chi connectivity index (χ2v) is 5.30. The zero-order valence-electron chi connectivity index (χ0n) is 13.7. The van der Waals surface area contributed by atoms with Crippen molar-refractivity contribution in [2.24, 2.45) is 0 Å². The molecule has 126 valence electrons. The molecule has 0 bridgehead atoms. The Balaban J connectivity index is 1.93. The first-order valence-electron chi connectivity index (χ1n) is 7.24. The Bertz CT molecular complexity index is 653. The summed E-state index contributed by atoms with van der Waals surface area (Å²) in [6.07, 6.45) is 4.48. The van der Waals surface area contributed by atoms with Gasteiger partial charge in [0.05, 0.1) is 11.3 Å². The Kier molecular flexibility index (Phi) is 5.35. The van der Waals surface area contributed by atoms with Gasteiger partial charge in [0.2, 0.25) is 5.95 Å². The number of rotatable bonds is 7. The highest BCUT2D eigenvalue weighted by Gasteiger charge is 2.11. The molecule has 9 nitrogen and oxygen atoms in total. The third-order valence-corrected chi connectivity index (χ3v) is 3.52. The molecule has 0 aliphatic carbocycles. The number of hydrogen-bond acceptors (Lipinski definition) is 8. The molecule has 0 atom stereocenters. The van der Waals surface area contributed by atoms with Gasteiger partial charge in [-0.3, -0.25) is 4.79 Å². The molecule has 0 saturated carbocycles. The van der Waals surface area contributed by atoms with Crippen molar-refractivity contribution in [2.75, 3.05) is 37.0 Å². The first-order valence-corrected chi connectivity index (χ1v) is 7.24. The second-order valence-electron chi connectivity index (χ2n) is 5.30. The average Bonchev–Trinajstić information content (AvgIpc) is 2.59. The number of Topliss-reactive ketones (excluding diaryl/α,β-unsaturated/α-hetero) is 1. The van der Waals surface area contributed by atoms with Gasteiger partial charge in [-0.05, 0) is 22.9 Å². The lowest BCUT2D eigenvalue weighted by Crippen LogP contribution is -2.31. The number of likely N-dealkylation sites (N-methyl/N-ethyl adjacent to an activating group) is 2. The first kappa shape index (κ1) is 17.3. The molecule has 0 amide bonds. The van der Waals surface area contributed by atoms with E-state index in [0.29, 0.717) is 24.6 Å². The minimum atomic E-state index is -0.528. The molecule has 24 heavy (non-hydrogen) atoms. The maximum Gasteiger partial charge on any atom is 0.363 e. The fourth-order valence-corrected chi connectivity index (χ4v) is 1.94. The average molecular weight is 330 g/mol. The van der Waals surface area contributed by atoms with Gasteiger partial charge in [-0.2, -0.15) is 0 Å². The van der Waals surface area contributed by atoms with E-state index < -0.39 is 4.92 Å². The molecule has 2 rings (SSSR count). The maximum absolute atomic E-state index is 11.2. The third-order valence-electron chi connectivity index (χ3n) is 3.52. The molecule has 2 aromatic heterocycles. The Morgan fingerprint density at radius 3 is 2.21 bits per heavy atom. The smallest absolute Gasteiger partial charge is 0.363 e. The van der Waals surface area contributed by atoms with E-state index in [1.165, 1.54) is 31.6 Å². The van der Waals surface area contributed by atoms with E-state index in [1.807, 2.05) is 23.9 Å². The van der Waals surface area contributed by atoms with Gasteiger partial charge >= 0.3 is 5.82 Å². The fourth-order valence-electron chi connectivity index (χ4n) is 1.94. The van der Waals surface area contributed by atoms with Crippen LogP contribution < -0.4 is 9.80 Å². The normalized spacial score (nSPS) is 10.3. The van der Waals surface area contributed by atoms with Gasteiger partial charge < -0.3 is 19.9 Å². The van der Waals surface area contributed by atoms with E-state index in [4.69, 9.17) is 0 Å². The van der Waals surface area contributed by atoms with Crippen molar-refractivity contribution < 1.29 is 9.72 Å². The molecule has 0 aliphatic heterocycles. The Labute approximate surface area is 139 Å². The third kappa shape index (κ3) is 4.22. The van der Waals surface area contributed by atoms with Crippen LogP contribution in [0.25, 0.3) is 0 Å². The number of carbonyl (C=O) groups excluding carboxylic acids is 1. The summed E-state index contributed by atoms with van der Waals surface area (Å²) in [5.41, 5.74) is 1.25. The number of anilines is 2. The summed E-state index contributed by atoms with van der Waals surface area (Å²) in [7, 11) is 3.72. The van der Waals surface area contributed by atoms with Crippen LogP contribution in [0.15, 0.2) is 30.7 Å². The van der Waals surface area contributed by atoms with Gasteiger partial charge in [0.25, 0.3) is 0 Å². The van der Waals surface area contributed by atoms with Crippen LogP contribution in [0.5, 0.6) is 0 Å². The first-order chi connectivity index (χ1) is 11.4. The van der Waals surface area contributed by atoms with Gasteiger partial charge in [-0.15, -0.1) is 0 Å². The Morgan fingerprint density at radius 1 is 1.08 bits per heavy atom. The van der Waals surface area contributed by atoms with Crippen LogP contribution in [-0.4, -0.2) is 52.8 Å². The summed E-state index contributed by atoms with van der Waals surface area (Å²) < 4.78 is 0. The number of nitrogens with zero attached hydrogens (tertiary/aromatic N) is 6. The number of pyridine rings is 1. The van der Waals surface area contributed by atoms with Gasteiger partial charge in [0.1, 0.15) is 0 Å². The predicted octanol–water partition coefficient (Wildman–Crippen LogP) is 1.56. The predicted molar refractivity (Wildman–Crippen MR) is 89.5 cm³/mol. The summed E-state index contributed by atoms with van der Waals surface area (Å²) in [6, 6.07) is 3.03. The van der Waals surface area contributed by atoms with E-state index in [-0.39, 0.29) is 11.6 Å². The van der Waals surface area contributed by atoms with Crippen LogP contribution in [0.3, 0.4) is 0 Å². The molecule has 2 heterocycles. The van der Waals surface area contributed by atoms with Crippen molar-refractivity contribution in [1.29, 1.82) is 0 Å². The van der Waals surface area contributed by atoms with Crippen LogP contribution in [0.4, 0.5) is 17.5 Å². The van der Waals surface area contributed by atoms with Gasteiger partial charge in [0, 0.05) is 45.6 Å². The minimum absolute atomic E-state index is 0.0744. The number of nitro groups is 1. The summed E-state index contributed by atoms with van der Waals surface area (Å²) in [6.45, 7) is 2.75. The second kappa shape index (κ2) is 7.44. The molecule has 0 spiro atoms. The number of aromatic nitrogens is 3. The van der Waals surface area contributed by atoms with Gasteiger partial charge in [0.15, 0.2) is 12.0 Å². The lowest BCUT2D eigenvalue weighted by Gasteiger charge is -2.22. The van der Waals surface area contributed by atoms with Gasteiger partial charge in [-0.1, -0.05) is 0 Å². The molecule has 2 aromatic rings. The summed E-state index contributed by atoms with van der Waals surface area (Å²) in [5.74, 6) is 0.271. The van der Waals surface area contributed by atoms with Crippen LogP contribution in [0.1, 0.15) is 17.3 Å². The van der Waals surface area contributed by atoms with E-state index in [9.17, 15) is 14.9 Å². The molecule has 0 aromatic carbocycles. The van der Waals surface area contributed by atoms with Crippen molar-refractivity contribution in [3.05, 3.63) is 46.4 Å². The van der Waals surface area contributed by atoms with Gasteiger partial charge in [-0.25, -0.2) is 9.97 Å². The van der Waals surface area contributed by atoms with E-state index in [1.54, 1.807) is 6.07 Å². The van der Waals surface area contributed by atoms with E-state index in [0.717, 1.165) is 5.69 Å². The van der Waals surface area contributed by atoms with Crippen molar-refractivity contribution in [3.8, 4) is 0 Å². The minimum Gasteiger partial charge on any atom is -0.370 e. The molecule has 9 heteroatoms. The summed E-state index contributed by atoms with van der Waals surface area (Å²) >= 11 is 0. The lowest BCUT2D eigenvalue weighted by atomic mass is 10.2. The highest BCUT2D eigenvalue weighted by atomic mass is 16.6. The monoisotopic (exact) mass is 330 g/mol. The molecule has 0 unspecified atom stereocenters. The van der Waals surface area contributed by atoms with E-state index in [2.05, 4.69) is 15.0 Å². The maximum atomic E-state index is 11.2. The summed E-state index contributed by atoms with van der Waals surface area (Å²) in [5, 5.41) is 10.6. The molecule has 0 saturated heterocycles. The zero-order valence-corrected chi connectivity index (χ0v) is 13.7. The largest absolute Gasteiger partial charge is 0.370 e. The SMILES string of the molecule is CC(=O)c1cnc(N(C)CCN(C)c2ccc([N+](=O)[O-])nc2)nc1. The Hall–Kier alpha value is -3.10. The van der Waals surface area contributed by atoms with Crippen LogP contribution in [0, 0.1) is 10.1 Å². The quantitative estimate of drug-likeness (QED) is 0.428. The Morgan fingerprint density at radius 2 is 1.71 bits per heavy atom. The van der Waals surface area contributed by atoms with Crippen molar-refractivity contribution in [1.82, 2.24) is 15.0 Å². The highest BCUT2D eigenvalue weighted by Crippen LogP contribution is 2.15. The van der Waals surface area contributed by atoms with Crippen LogP contribution >= 0.6 is 0 Å². The number of hydrogen-bond donors (Lipinski definition) is 0. The molecular weight excluding hydrogens is 312 g/mol. The topological polar surface area (TPSA) is 105 Å². The molecular formula is C15H18N6O3. The van der Waals surface area contributed by atoms with Crippen LogP contribution in [0.2, 0.25) is 0 Å². The standard InChI is InChI=1S/C15H18N6O3/c1-11(22)12-8-17-15(18-9-12)20(3)7-6-19(2)13-4-5-14(16-10-13)21(23)24/h4-5,8-10H,6-7H2,1-3H3. The fraction of sp³-hybridized carbons (Fsp3) is 0.333. The lowest BCUT2D eigenvalue weighted by molar-refractivity contribution is -0.389. The van der Waals surface area contributed by atoms with Crippen molar-refractivity contribution >= 4 is 23.2 Å². The molecule has 0 aliphatic rings. The highest BCUT2D eigenvalue weighted by molar-refractivity contribution is 5.93. The van der Waals surface area contributed by atoms with Crippen molar-refractivity contribution in [3.63, 3.8) is 0 Å². The molecule has 0 radical (unpaired) electrons. The zero-order chi connectivity index (χ0) is 17.7. The number of ketones is 1. The van der Waals surface area contributed by atoms with Crippen LogP contribution in [-0.2, 0) is 0 Å². The molecule has 0 N–H and O–H groups in total. The van der Waals surface area contributed by atoms with Crippen molar-refractivity contribution in [2.45, 2.75) is 6.92 Å². The van der Waals surface area contributed by atoms with E-state index >= 15 is 0 Å². The molecule has 0 fully saturated rings. The number of carbonyl (C=O) groups is 1.